The topological polar surface area (TPSA) is 20.3 Å². The molecule has 2 nitrogen and oxygen atoms in total. The van der Waals surface area contributed by atoms with Crippen LogP contribution in [0.2, 0.25) is 0 Å². The first-order chi connectivity index (χ1) is 5.83. The molecular formula is C10H21NO. The Labute approximate surface area is 75.9 Å². The average Bonchev–Trinajstić information content (AvgIpc) is 2.33. The predicted molar refractivity (Wildman–Crippen MR) is 52.0 cm³/mol. The smallest absolute Gasteiger partial charge is 0.209 e. The Hall–Kier alpha value is -0.530. The SMILES string of the molecule is CC.CC1CCCN(C=O)CC1. The standard InChI is InChI=1S/C8H15NO.C2H6/c1-8-3-2-5-9(7-10)6-4-8;1-2/h7-8H,2-6H2,1H3;1-2H3. The molecule has 12 heavy (non-hydrogen) atoms. The lowest BCUT2D eigenvalue weighted by atomic mass is 10.0. The molecule has 1 fully saturated rings. The Balaban J connectivity index is 0.000000561. The average molecular weight is 171 g/mol. The van der Waals surface area contributed by atoms with E-state index >= 15 is 0 Å². The van der Waals surface area contributed by atoms with E-state index < -0.39 is 0 Å². The number of likely N-dealkylation sites (tertiary alicyclic amines) is 1. The lowest BCUT2D eigenvalue weighted by Crippen LogP contribution is -2.22. The monoisotopic (exact) mass is 171 g/mol. The van der Waals surface area contributed by atoms with E-state index in [2.05, 4.69) is 6.92 Å². The van der Waals surface area contributed by atoms with E-state index in [1.165, 1.54) is 19.3 Å². The van der Waals surface area contributed by atoms with Crippen molar-refractivity contribution in [2.24, 2.45) is 5.92 Å². The molecule has 0 aromatic heterocycles. The van der Waals surface area contributed by atoms with Gasteiger partial charge in [0.2, 0.25) is 6.41 Å². The van der Waals surface area contributed by atoms with Crippen LogP contribution in [0.25, 0.3) is 0 Å². The molecule has 2 heteroatoms. The number of hydrogen-bond acceptors (Lipinski definition) is 1. The van der Waals surface area contributed by atoms with Crippen LogP contribution in [-0.4, -0.2) is 24.4 Å². The van der Waals surface area contributed by atoms with Crippen molar-refractivity contribution in [3.8, 4) is 0 Å². The quantitative estimate of drug-likeness (QED) is 0.554. The molecule has 1 atom stereocenters. The maximum Gasteiger partial charge on any atom is 0.209 e. The third-order valence-corrected chi connectivity index (χ3v) is 2.20. The van der Waals surface area contributed by atoms with Gasteiger partial charge in [-0.3, -0.25) is 4.79 Å². The molecule has 0 bridgehead atoms. The van der Waals surface area contributed by atoms with Crippen LogP contribution >= 0.6 is 0 Å². The van der Waals surface area contributed by atoms with Crippen LogP contribution in [0, 0.1) is 5.92 Å². The molecule has 0 aromatic carbocycles. The van der Waals surface area contributed by atoms with Crippen molar-refractivity contribution in [2.45, 2.75) is 40.0 Å². The molecule has 1 amide bonds. The third kappa shape index (κ3) is 4.37. The molecule has 0 N–H and O–H groups in total. The molecule has 1 aliphatic heterocycles. The molecule has 1 heterocycles. The van der Waals surface area contributed by atoms with Crippen LogP contribution in [0.5, 0.6) is 0 Å². The number of carbonyl (C=O) groups excluding carboxylic acids is 1. The Morgan fingerprint density at radius 1 is 1.25 bits per heavy atom. The number of hydrogen-bond donors (Lipinski definition) is 0. The van der Waals surface area contributed by atoms with Crippen molar-refractivity contribution in [1.29, 1.82) is 0 Å². The molecule has 72 valence electrons. The minimum absolute atomic E-state index is 0.810. The summed E-state index contributed by atoms with van der Waals surface area (Å²) in [6, 6.07) is 0. The lowest BCUT2D eigenvalue weighted by molar-refractivity contribution is -0.118. The van der Waals surface area contributed by atoms with Gasteiger partial charge in [-0.2, -0.15) is 0 Å². The number of nitrogens with zero attached hydrogens (tertiary/aromatic N) is 1. The first-order valence-electron chi connectivity index (χ1n) is 5.02. The fourth-order valence-electron chi connectivity index (χ4n) is 1.39. The molecule has 1 unspecified atom stereocenters. The molecule has 1 rings (SSSR count). The van der Waals surface area contributed by atoms with Crippen LogP contribution < -0.4 is 0 Å². The Morgan fingerprint density at radius 3 is 2.50 bits per heavy atom. The highest BCUT2D eigenvalue weighted by Gasteiger charge is 2.10. The van der Waals surface area contributed by atoms with Gasteiger partial charge in [-0.05, 0) is 25.2 Å². The summed E-state index contributed by atoms with van der Waals surface area (Å²) in [7, 11) is 0. The number of carbonyl (C=O) groups is 1. The second-order valence-corrected chi connectivity index (χ2v) is 3.18. The molecule has 0 aromatic rings. The lowest BCUT2D eigenvalue weighted by Gasteiger charge is -2.12. The Kier molecular flexibility index (Phi) is 6.82. The number of rotatable bonds is 1. The molecule has 0 saturated carbocycles. The van der Waals surface area contributed by atoms with Crippen molar-refractivity contribution in [2.75, 3.05) is 13.1 Å². The highest BCUT2D eigenvalue weighted by molar-refractivity contribution is 5.46. The number of amides is 1. The van der Waals surface area contributed by atoms with Crippen LogP contribution in [0.3, 0.4) is 0 Å². The molecule has 0 spiro atoms. The van der Waals surface area contributed by atoms with E-state index in [9.17, 15) is 4.79 Å². The van der Waals surface area contributed by atoms with Crippen LogP contribution in [-0.2, 0) is 4.79 Å². The maximum atomic E-state index is 10.3. The highest BCUT2D eigenvalue weighted by Crippen LogP contribution is 2.14. The zero-order valence-corrected chi connectivity index (χ0v) is 8.55. The van der Waals surface area contributed by atoms with Gasteiger partial charge in [-0.1, -0.05) is 20.8 Å². The molecule has 0 aliphatic carbocycles. The van der Waals surface area contributed by atoms with Crippen molar-refractivity contribution in [3.63, 3.8) is 0 Å². The Morgan fingerprint density at radius 2 is 1.92 bits per heavy atom. The Bertz CT molecular complexity index is 114. The van der Waals surface area contributed by atoms with Gasteiger partial charge in [0.15, 0.2) is 0 Å². The molecule has 0 radical (unpaired) electrons. The zero-order chi connectivity index (χ0) is 9.40. The molecule has 1 aliphatic rings. The van der Waals surface area contributed by atoms with Gasteiger partial charge in [0.05, 0.1) is 0 Å². The molecule has 1 saturated heterocycles. The van der Waals surface area contributed by atoms with E-state index in [0.717, 1.165) is 25.4 Å². The summed E-state index contributed by atoms with van der Waals surface area (Å²) in [6.07, 6.45) is 4.61. The second-order valence-electron chi connectivity index (χ2n) is 3.18. The van der Waals surface area contributed by atoms with Crippen molar-refractivity contribution in [3.05, 3.63) is 0 Å². The van der Waals surface area contributed by atoms with Crippen molar-refractivity contribution < 1.29 is 4.79 Å². The van der Waals surface area contributed by atoms with E-state index in [0.29, 0.717) is 0 Å². The summed E-state index contributed by atoms with van der Waals surface area (Å²) in [4.78, 5) is 12.2. The third-order valence-electron chi connectivity index (χ3n) is 2.20. The highest BCUT2D eigenvalue weighted by atomic mass is 16.1. The van der Waals surface area contributed by atoms with Gasteiger partial charge in [-0.25, -0.2) is 0 Å². The van der Waals surface area contributed by atoms with Crippen LogP contribution in [0.1, 0.15) is 40.0 Å². The minimum atomic E-state index is 0.810. The summed E-state index contributed by atoms with van der Waals surface area (Å²) < 4.78 is 0. The summed E-state index contributed by atoms with van der Waals surface area (Å²) in [6.45, 7) is 8.19. The van der Waals surface area contributed by atoms with Crippen LogP contribution in [0.4, 0.5) is 0 Å². The second kappa shape index (κ2) is 7.14. The van der Waals surface area contributed by atoms with Crippen LogP contribution in [0.15, 0.2) is 0 Å². The van der Waals surface area contributed by atoms with Crippen molar-refractivity contribution in [1.82, 2.24) is 4.90 Å². The summed E-state index contributed by atoms with van der Waals surface area (Å²) in [5.41, 5.74) is 0. The van der Waals surface area contributed by atoms with Gasteiger partial charge < -0.3 is 4.90 Å². The largest absolute Gasteiger partial charge is 0.345 e. The summed E-state index contributed by atoms with van der Waals surface area (Å²) >= 11 is 0. The first kappa shape index (κ1) is 11.5. The van der Waals surface area contributed by atoms with E-state index in [1.807, 2.05) is 18.7 Å². The first-order valence-corrected chi connectivity index (χ1v) is 5.02. The minimum Gasteiger partial charge on any atom is -0.345 e. The van der Waals surface area contributed by atoms with Gasteiger partial charge >= 0.3 is 0 Å². The van der Waals surface area contributed by atoms with Gasteiger partial charge in [0.25, 0.3) is 0 Å². The fraction of sp³-hybridized carbons (Fsp3) is 0.900. The van der Waals surface area contributed by atoms with Gasteiger partial charge in [0.1, 0.15) is 0 Å². The summed E-state index contributed by atoms with van der Waals surface area (Å²) in [5.74, 6) is 0.810. The summed E-state index contributed by atoms with van der Waals surface area (Å²) in [5, 5.41) is 0. The normalized spacial score (nSPS) is 23.6. The van der Waals surface area contributed by atoms with E-state index in [1.54, 1.807) is 0 Å². The van der Waals surface area contributed by atoms with Crippen molar-refractivity contribution >= 4 is 6.41 Å². The fourth-order valence-corrected chi connectivity index (χ4v) is 1.39. The zero-order valence-electron chi connectivity index (χ0n) is 8.55. The predicted octanol–water partition coefficient (Wildman–Crippen LogP) is 2.29. The maximum absolute atomic E-state index is 10.3. The molecular weight excluding hydrogens is 150 g/mol. The van der Waals surface area contributed by atoms with Gasteiger partial charge in [-0.15, -0.1) is 0 Å². The van der Waals surface area contributed by atoms with E-state index in [-0.39, 0.29) is 0 Å². The van der Waals surface area contributed by atoms with Gasteiger partial charge in [0, 0.05) is 13.1 Å². The van der Waals surface area contributed by atoms with E-state index in [4.69, 9.17) is 0 Å².